The molecule has 0 fully saturated rings. The van der Waals surface area contributed by atoms with Crippen LogP contribution >= 0.6 is 10.0 Å². The van der Waals surface area contributed by atoms with Crippen molar-refractivity contribution in [1.29, 1.82) is 0 Å². The Hall–Kier alpha value is -0.440. The zero-order valence-corrected chi connectivity index (χ0v) is 8.46. The van der Waals surface area contributed by atoms with Crippen molar-refractivity contribution in [2.24, 2.45) is 0 Å². The van der Waals surface area contributed by atoms with Gasteiger partial charge < -0.3 is 4.74 Å². The van der Waals surface area contributed by atoms with Crippen molar-refractivity contribution in [3.63, 3.8) is 0 Å². The molecule has 11 heavy (non-hydrogen) atoms. The van der Waals surface area contributed by atoms with Crippen LogP contribution in [-0.4, -0.2) is 30.7 Å². The molecule has 0 saturated carbocycles. The zero-order chi connectivity index (χ0) is 9.07. The van der Waals surface area contributed by atoms with Crippen LogP contribution in [-0.2, 0) is 9.53 Å². The van der Waals surface area contributed by atoms with E-state index in [1.165, 1.54) is 0 Å². The fraction of sp³-hybridized carbons (Fsp3) is 0.625. The fourth-order valence-corrected chi connectivity index (χ4v) is 0.814. The van der Waals surface area contributed by atoms with Crippen LogP contribution in [0.4, 0.5) is 0 Å². The Morgan fingerprint density at radius 2 is 1.91 bits per heavy atom. The molecule has 0 amide bonds. The highest BCUT2D eigenvalue weighted by molar-refractivity contribution is 8.32. The van der Waals surface area contributed by atoms with Gasteiger partial charge >= 0.3 is 5.97 Å². The molecule has 66 valence electrons. The molecule has 0 rings (SSSR count). The molecule has 0 N–H and O–H groups in total. The molecule has 0 atom stereocenters. The highest BCUT2D eigenvalue weighted by atomic mass is 32.3. The Balaban J connectivity index is 3.73. The third-order valence-electron chi connectivity index (χ3n) is 0.892. The highest BCUT2D eigenvalue weighted by Gasteiger charge is 2.08. The van der Waals surface area contributed by atoms with Gasteiger partial charge in [-0.2, -0.15) is 0 Å². The van der Waals surface area contributed by atoms with Crippen molar-refractivity contribution in [2.45, 2.75) is 6.92 Å². The largest absolute Gasteiger partial charge is 0.453 e. The van der Waals surface area contributed by atoms with Crippen LogP contribution in [0, 0.1) is 0 Å². The van der Waals surface area contributed by atoms with E-state index in [-0.39, 0.29) is 5.97 Å². The molecule has 2 nitrogen and oxygen atoms in total. The minimum Gasteiger partial charge on any atom is -0.453 e. The van der Waals surface area contributed by atoms with Crippen molar-refractivity contribution >= 4 is 16.0 Å². The molecule has 0 aliphatic heterocycles. The van der Waals surface area contributed by atoms with E-state index in [9.17, 15) is 4.79 Å². The van der Waals surface area contributed by atoms with Crippen LogP contribution in [0.1, 0.15) is 6.92 Å². The second-order valence-corrected chi connectivity index (χ2v) is 7.84. The molecule has 3 heteroatoms. The summed E-state index contributed by atoms with van der Waals surface area (Å²) in [6.07, 6.45) is 6.29. The Kier molecular flexibility index (Phi) is 3.66. The first kappa shape index (κ1) is 10.6. The van der Waals surface area contributed by atoms with Crippen molar-refractivity contribution in [1.82, 2.24) is 0 Å². The lowest BCUT2D eigenvalue weighted by molar-refractivity contribution is -0.136. The van der Waals surface area contributed by atoms with Gasteiger partial charge in [0.05, 0.1) is 0 Å². The van der Waals surface area contributed by atoms with E-state index >= 15 is 0 Å². The van der Waals surface area contributed by atoms with Gasteiger partial charge in [0.15, 0.2) is 0 Å². The Labute approximate surface area is 69.9 Å². The molecule has 0 aromatic carbocycles. The first-order valence-electron chi connectivity index (χ1n) is 3.31. The summed E-state index contributed by atoms with van der Waals surface area (Å²) in [5.74, 6) is 0.242. The van der Waals surface area contributed by atoms with Gasteiger partial charge in [-0.3, -0.25) is 0 Å². The maximum absolute atomic E-state index is 10.9. The van der Waals surface area contributed by atoms with Gasteiger partial charge in [0.1, 0.15) is 5.94 Å². The Bertz CT molecular complexity index is 167. The van der Waals surface area contributed by atoms with Crippen LogP contribution in [0.3, 0.4) is 0 Å². The van der Waals surface area contributed by atoms with Crippen LogP contribution in [0.15, 0.2) is 12.2 Å². The van der Waals surface area contributed by atoms with Gasteiger partial charge in [0.25, 0.3) is 0 Å². The molecule has 0 unspecified atom stereocenters. The first-order chi connectivity index (χ1) is 4.83. The van der Waals surface area contributed by atoms with Crippen molar-refractivity contribution in [3.8, 4) is 0 Å². The number of esters is 1. The number of hydrogen-bond acceptors (Lipinski definition) is 2. The van der Waals surface area contributed by atoms with E-state index in [0.717, 1.165) is 0 Å². The molecular weight excluding hydrogens is 160 g/mol. The Morgan fingerprint density at radius 3 is 2.18 bits per heavy atom. The van der Waals surface area contributed by atoms with Gasteiger partial charge in [0.2, 0.25) is 0 Å². The predicted octanol–water partition coefficient (Wildman–Crippen LogP) is 1.76. The molecular formula is C8H16O2S. The number of carbonyl (C=O) groups is 1. The van der Waals surface area contributed by atoms with Crippen molar-refractivity contribution in [2.75, 3.05) is 24.7 Å². The lowest BCUT2D eigenvalue weighted by Gasteiger charge is -2.24. The molecule has 0 heterocycles. The molecule has 0 aliphatic rings. The van der Waals surface area contributed by atoms with E-state index in [1.54, 1.807) is 6.92 Å². The van der Waals surface area contributed by atoms with Crippen LogP contribution in [0.5, 0.6) is 0 Å². The summed E-state index contributed by atoms with van der Waals surface area (Å²) in [5, 5.41) is 0. The van der Waals surface area contributed by atoms with E-state index in [4.69, 9.17) is 4.74 Å². The topological polar surface area (TPSA) is 26.3 Å². The lowest BCUT2D eigenvalue weighted by atomic mass is 10.4. The van der Waals surface area contributed by atoms with E-state index < -0.39 is 10.0 Å². The van der Waals surface area contributed by atoms with Crippen molar-refractivity contribution in [3.05, 3.63) is 12.2 Å². The van der Waals surface area contributed by atoms with Crippen LogP contribution in [0.2, 0.25) is 0 Å². The molecule has 0 spiro atoms. The van der Waals surface area contributed by atoms with Crippen molar-refractivity contribution < 1.29 is 9.53 Å². The second kappa shape index (κ2) is 3.81. The monoisotopic (exact) mass is 176 g/mol. The average molecular weight is 176 g/mol. The zero-order valence-electron chi connectivity index (χ0n) is 7.64. The van der Waals surface area contributed by atoms with Gasteiger partial charge in [0, 0.05) is 5.57 Å². The quantitative estimate of drug-likeness (QED) is 0.484. The van der Waals surface area contributed by atoms with E-state index in [0.29, 0.717) is 11.5 Å². The van der Waals surface area contributed by atoms with Crippen LogP contribution < -0.4 is 0 Å². The number of ether oxygens (including phenoxy) is 1. The number of carbonyl (C=O) groups excluding carboxylic acids is 1. The van der Waals surface area contributed by atoms with Gasteiger partial charge in [-0.25, -0.2) is 14.8 Å². The summed E-state index contributed by atoms with van der Waals surface area (Å²) in [6.45, 7) is 5.14. The summed E-state index contributed by atoms with van der Waals surface area (Å²) < 4.78 is 4.97. The normalized spacial score (nSPS) is 12.4. The number of hydrogen-bond donors (Lipinski definition) is 0. The van der Waals surface area contributed by atoms with Gasteiger partial charge in [-0.15, -0.1) is 0 Å². The maximum atomic E-state index is 10.9. The minimum atomic E-state index is -0.737. The van der Waals surface area contributed by atoms with Gasteiger partial charge in [-0.05, 0) is 25.7 Å². The second-order valence-electron chi connectivity index (χ2n) is 3.42. The third-order valence-corrected chi connectivity index (χ3v) is 1.72. The SMILES string of the molecule is C=C(C)C(=O)OCS(C)(C)C. The summed E-state index contributed by atoms with van der Waals surface area (Å²) in [4.78, 5) is 10.9. The molecule has 0 aliphatic carbocycles. The number of rotatable bonds is 3. The minimum absolute atomic E-state index is 0.285. The lowest BCUT2D eigenvalue weighted by Crippen LogP contribution is -2.10. The van der Waals surface area contributed by atoms with E-state index in [1.807, 2.05) is 0 Å². The molecule has 0 aromatic heterocycles. The summed E-state index contributed by atoms with van der Waals surface area (Å²) in [5.41, 5.74) is 0.466. The standard InChI is InChI=1S/C8H16O2S/c1-7(2)8(9)10-6-11(3,4)5/h1,6H2,2-5H3. The Morgan fingerprint density at radius 1 is 1.45 bits per heavy atom. The smallest absolute Gasteiger partial charge is 0.333 e. The highest BCUT2D eigenvalue weighted by Crippen LogP contribution is 2.34. The van der Waals surface area contributed by atoms with Crippen LogP contribution in [0.25, 0.3) is 0 Å². The molecule has 0 radical (unpaired) electrons. The summed E-state index contributed by atoms with van der Waals surface area (Å²) in [7, 11) is -0.737. The third kappa shape index (κ3) is 5.98. The fourth-order valence-electron chi connectivity index (χ4n) is 0.353. The summed E-state index contributed by atoms with van der Waals surface area (Å²) in [6, 6.07) is 0. The molecule has 0 bridgehead atoms. The average Bonchev–Trinajstić information content (AvgIpc) is 1.80. The van der Waals surface area contributed by atoms with E-state index in [2.05, 4.69) is 25.3 Å². The maximum Gasteiger partial charge on any atom is 0.333 e. The molecule has 0 aromatic rings. The van der Waals surface area contributed by atoms with Gasteiger partial charge in [-0.1, -0.05) is 6.58 Å². The molecule has 0 saturated heterocycles. The predicted molar refractivity (Wildman–Crippen MR) is 51.1 cm³/mol. The summed E-state index contributed by atoms with van der Waals surface area (Å²) >= 11 is 0. The first-order valence-corrected chi connectivity index (χ1v) is 6.34.